The van der Waals surface area contributed by atoms with E-state index in [9.17, 15) is 13.2 Å². The zero-order valence-electron chi connectivity index (χ0n) is 12.0. The molecule has 0 aliphatic heterocycles. The van der Waals surface area contributed by atoms with Crippen molar-refractivity contribution in [3.05, 3.63) is 22.2 Å². The summed E-state index contributed by atoms with van der Waals surface area (Å²) < 4.78 is 29.3. The molecule has 1 amide bonds. The minimum Gasteiger partial charge on any atom is -0.492 e. The topological polar surface area (TPSA) is 63.7 Å². The van der Waals surface area contributed by atoms with Gasteiger partial charge in [-0.25, -0.2) is 8.42 Å². The Morgan fingerprint density at radius 1 is 1.38 bits per heavy atom. The molecule has 0 aliphatic rings. The number of carbonyl (C=O) groups excluding carboxylic acids is 1. The SMILES string of the molecule is Cc1cc(Br)cc(S(=O)(=O)Cl)c1OCCCC(=O)N(C)C. The Kier molecular flexibility index (Phi) is 6.49. The van der Waals surface area contributed by atoms with Crippen molar-refractivity contribution < 1.29 is 17.9 Å². The highest BCUT2D eigenvalue weighted by Crippen LogP contribution is 2.33. The highest BCUT2D eigenvalue weighted by molar-refractivity contribution is 9.10. The number of benzene rings is 1. The van der Waals surface area contributed by atoms with Gasteiger partial charge >= 0.3 is 0 Å². The standard InChI is InChI=1S/C13H17BrClNO4S/c1-9-7-10(14)8-11(21(15,18)19)13(9)20-6-4-5-12(17)16(2)3/h7-8H,4-6H2,1-3H3. The maximum absolute atomic E-state index is 11.6. The van der Waals surface area contributed by atoms with E-state index in [1.807, 2.05) is 0 Å². The molecule has 1 rings (SSSR count). The fraction of sp³-hybridized carbons (Fsp3) is 0.462. The smallest absolute Gasteiger partial charge is 0.265 e. The number of ether oxygens (including phenoxy) is 1. The molecule has 0 aromatic heterocycles. The Labute approximate surface area is 137 Å². The molecule has 1 aromatic carbocycles. The summed E-state index contributed by atoms with van der Waals surface area (Å²) in [5, 5.41) is 0. The maximum Gasteiger partial charge on any atom is 0.265 e. The third kappa shape index (κ3) is 5.48. The van der Waals surface area contributed by atoms with Crippen LogP contribution in [-0.4, -0.2) is 39.9 Å². The van der Waals surface area contributed by atoms with E-state index >= 15 is 0 Å². The van der Waals surface area contributed by atoms with Crippen molar-refractivity contribution in [2.75, 3.05) is 20.7 Å². The average molecular weight is 399 g/mol. The lowest BCUT2D eigenvalue weighted by Gasteiger charge is -2.14. The molecular weight excluding hydrogens is 382 g/mol. The number of carbonyl (C=O) groups is 1. The molecule has 0 N–H and O–H groups in total. The van der Waals surface area contributed by atoms with Crippen molar-refractivity contribution in [2.45, 2.75) is 24.7 Å². The first-order chi connectivity index (χ1) is 9.62. The van der Waals surface area contributed by atoms with Crippen LogP contribution in [0.2, 0.25) is 0 Å². The van der Waals surface area contributed by atoms with Crippen LogP contribution in [0, 0.1) is 6.92 Å². The van der Waals surface area contributed by atoms with Crippen molar-refractivity contribution in [1.82, 2.24) is 4.90 Å². The average Bonchev–Trinajstić information content (AvgIpc) is 2.34. The summed E-state index contributed by atoms with van der Waals surface area (Å²) >= 11 is 3.23. The molecule has 118 valence electrons. The van der Waals surface area contributed by atoms with E-state index in [-0.39, 0.29) is 23.2 Å². The Morgan fingerprint density at radius 2 is 2.00 bits per heavy atom. The van der Waals surface area contributed by atoms with Crippen LogP contribution in [0.1, 0.15) is 18.4 Å². The fourth-order valence-corrected chi connectivity index (χ4v) is 3.46. The van der Waals surface area contributed by atoms with Crippen LogP contribution in [0.3, 0.4) is 0 Å². The molecule has 0 bridgehead atoms. The molecule has 21 heavy (non-hydrogen) atoms. The predicted molar refractivity (Wildman–Crippen MR) is 85.3 cm³/mol. The molecule has 0 unspecified atom stereocenters. The van der Waals surface area contributed by atoms with Gasteiger partial charge in [-0.2, -0.15) is 0 Å². The first-order valence-electron chi connectivity index (χ1n) is 6.20. The first kappa shape index (κ1) is 18.3. The summed E-state index contributed by atoms with van der Waals surface area (Å²) in [5.74, 6) is 0.224. The van der Waals surface area contributed by atoms with E-state index < -0.39 is 9.05 Å². The van der Waals surface area contributed by atoms with Crippen LogP contribution in [0.5, 0.6) is 5.75 Å². The Balaban J connectivity index is 2.82. The van der Waals surface area contributed by atoms with Crippen molar-refractivity contribution in [3.63, 3.8) is 0 Å². The van der Waals surface area contributed by atoms with Crippen LogP contribution >= 0.6 is 26.6 Å². The number of amides is 1. The number of halogens is 2. The van der Waals surface area contributed by atoms with Gasteiger partial charge in [0.05, 0.1) is 6.61 Å². The van der Waals surface area contributed by atoms with E-state index in [1.165, 1.54) is 11.0 Å². The van der Waals surface area contributed by atoms with Gasteiger partial charge in [0.25, 0.3) is 9.05 Å². The van der Waals surface area contributed by atoms with Gasteiger partial charge in [-0.05, 0) is 31.0 Å². The molecule has 0 saturated carbocycles. The summed E-state index contributed by atoms with van der Waals surface area (Å²) in [6.07, 6.45) is 0.833. The number of hydrogen-bond acceptors (Lipinski definition) is 4. The third-order valence-electron chi connectivity index (χ3n) is 2.75. The summed E-state index contributed by atoms with van der Waals surface area (Å²) in [4.78, 5) is 12.9. The highest BCUT2D eigenvalue weighted by atomic mass is 79.9. The summed E-state index contributed by atoms with van der Waals surface area (Å²) in [7, 11) is 4.88. The molecule has 5 nitrogen and oxygen atoms in total. The number of rotatable bonds is 6. The molecule has 0 heterocycles. The predicted octanol–water partition coefficient (Wildman–Crippen LogP) is 2.93. The quantitative estimate of drug-likeness (QED) is 0.546. The van der Waals surface area contributed by atoms with Gasteiger partial charge in [0, 0.05) is 35.7 Å². The van der Waals surface area contributed by atoms with Crippen LogP contribution in [0.4, 0.5) is 0 Å². The molecule has 0 fully saturated rings. The molecule has 8 heteroatoms. The Hall–Kier alpha value is -0.790. The zero-order chi connectivity index (χ0) is 16.2. The molecule has 1 aromatic rings. The largest absolute Gasteiger partial charge is 0.492 e. The molecule has 0 radical (unpaired) electrons. The number of aryl methyl sites for hydroxylation is 1. The molecule has 0 aliphatic carbocycles. The van der Waals surface area contributed by atoms with E-state index in [0.29, 0.717) is 22.9 Å². The lowest BCUT2D eigenvalue weighted by molar-refractivity contribution is -0.128. The summed E-state index contributed by atoms with van der Waals surface area (Å²) in [6.45, 7) is 1.97. The van der Waals surface area contributed by atoms with E-state index in [1.54, 1.807) is 27.1 Å². The van der Waals surface area contributed by atoms with Gasteiger partial charge in [0.2, 0.25) is 5.91 Å². The lowest BCUT2D eigenvalue weighted by Crippen LogP contribution is -2.21. The summed E-state index contributed by atoms with van der Waals surface area (Å²) in [6, 6.07) is 3.14. The normalized spacial score (nSPS) is 11.3. The van der Waals surface area contributed by atoms with E-state index in [4.69, 9.17) is 15.4 Å². The minimum absolute atomic E-state index is 0.00341. The van der Waals surface area contributed by atoms with Crippen molar-refractivity contribution in [3.8, 4) is 5.75 Å². The third-order valence-corrected chi connectivity index (χ3v) is 4.53. The molecule has 0 spiro atoms. The molecule has 0 atom stereocenters. The van der Waals surface area contributed by atoms with Gasteiger partial charge in [-0.3, -0.25) is 4.79 Å². The fourth-order valence-electron chi connectivity index (χ4n) is 1.69. The number of hydrogen-bond donors (Lipinski definition) is 0. The van der Waals surface area contributed by atoms with Crippen molar-refractivity contribution in [2.24, 2.45) is 0 Å². The lowest BCUT2D eigenvalue weighted by atomic mass is 10.2. The van der Waals surface area contributed by atoms with Crippen molar-refractivity contribution in [1.29, 1.82) is 0 Å². The van der Waals surface area contributed by atoms with E-state index in [0.717, 1.165) is 0 Å². The van der Waals surface area contributed by atoms with Crippen molar-refractivity contribution >= 4 is 41.6 Å². The van der Waals surface area contributed by atoms with Gasteiger partial charge < -0.3 is 9.64 Å². The first-order valence-corrected chi connectivity index (χ1v) is 9.31. The monoisotopic (exact) mass is 397 g/mol. The molecule has 0 saturated heterocycles. The van der Waals surface area contributed by atoms with Gasteiger partial charge in [-0.1, -0.05) is 15.9 Å². The zero-order valence-corrected chi connectivity index (χ0v) is 15.2. The Morgan fingerprint density at radius 3 is 2.52 bits per heavy atom. The Bertz CT molecular complexity index is 631. The minimum atomic E-state index is -3.90. The highest BCUT2D eigenvalue weighted by Gasteiger charge is 2.20. The van der Waals surface area contributed by atoms with Crippen LogP contribution in [0.25, 0.3) is 0 Å². The second kappa shape index (κ2) is 7.47. The van der Waals surface area contributed by atoms with Crippen LogP contribution < -0.4 is 4.74 Å². The van der Waals surface area contributed by atoms with Gasteiger partial charge in [0.15, 0.2) is 0 Å². The van der Waals surface area contributed by atoms with Gasteiger partial charge in [0.1, 0.15) is 10.6 Å². The second-order valence-electron chi connectivity index (χ2n) is 4.73. The van der Waals surface area contributed by atoms with Crippen LogP contribution in [0.15, 0.2) is 21.5 Å². The molecular formula is C13H17BrClNO4S. The van der Waals surface area contributed by atoms with Crippen LogP contribution in [-0.2, 0) is 13.8 Å². The van der Waals surface area contributed by atoms with Gasteiger partial charge in [-0.15, -0.1) is 0 Å². The van der Waals surface area contributed by atoms with E-state index in [2.05, 4.69) is 15.9 Å². The maximum atomic E-state index is 11.6. The number of nitrogens with zero attached hydrogens (tertiary/aromatic N) is 1. The second-order valence-corrected chi connectivity index (χ2v) is 8.18. The summed E-state index contributed by atoms with van der Waals surface area (Å²) in [5.41, 5.74) is 0.655.